The molecule has 0 aliphatic carbocycles. The number of unbranched alkanes of at least 4 members (excludes halogenated alkanes) is 39. The predicted molar refractivity (Wildman–Crippen MR) is 264 cm³/mol. The molecule has 0 saturated heterocycles. The Balaban J connectivity index is 4.48. The smallest absolute Gasteiger partial charge is 0.306 e. The quantitative estimate of drug-likeness (QED) is 0.0418. The lowest BCUT2D eigenvalue weighted by molar-refractivity contribution is -0.151. The summed E-state index contributed by atoms with van der Waals surface area (Å²) >= 11 is 0. The van der Waals surface area contributed by atoms with Gasteiger partial charge in [-0.05, 0) is 25.7 Å². The van der Waals surface area contributed by atoms with Gasteiger partial charge in [-0.1, -0.05) is 278 Å². The maximum Gasteiger partial charge on any atom is 0.306 e. The van der Waals surface area contributed by atoms with E-state index in [1.165, 1.54) is 231 Å². The molecule has 0 aromatic heterocycles. The van der Waals surface area contributed by atoms with Crippen molar-refractivity contribution < 1.29 is 24.5 Å². The summed E-state index contributed by atoms with van der Waals surface area (Å²) in [6, 6.07) is -0.692. The fraction of sp³-hybridized carbons (Fsp3) is 0.964. The van der Waals surface area contributed by atoms with Crippen molar-refractivity contribution in [2.45, 2.75) is 334 Å². The molecule has 0 radical (unpaired) electrons. The van der Waals surface area contributed by atoms with Crippen molar-refractivity contribution in [3.63, 3.8) is 0 Å². The van der Waals surface area contributed by atoms with Crippen LogP contribution >= 0.6 is 0 Å². The second-order valence-corrected chi connectivity index (χ2v) is 19.4. The van der Waals surface area contributed by atoms with Gasteiger partial charge in [0.15, 0.2) is 0 Å². The maximum absolute atomic E-state index is 13.2. The van der Waals surface area contributed by atoms with Gasteiger partial charge in [0.2, 0.25) is 5.91 Å². The summed E-state index contributed by atoms with van der Waals surface area (Å²) in [5.41, 5.74) is 0. The first-order valence-corrected chi connectivity index (χ1v) is 27.8. The Morgan fingerprint density at radius 1 is 0.410 bits per heavy atom. The molecular weight excluding hydrogens is 755 g/mol. The monoisotopic (exact) mass is 864 g/mol. The van der Waals surface area contributed by atoms with Crippen molar-refractivity contribution >= 4 is 11.9 Å². The zero-order valence-corrected chi connectivity index (χ0v) is 41.6. The highest BCUT2D eigenvalue weighted by Gasteiger charge is 2.24. The lowest BCUT2D eigenvalue weighted by atomic mass is 10.0. The van der Waals surface area contributed by atoms with Crippen LogP contribution < -0.4 is 5.32 Å². The van der Waals surface area contributed by atoms with Crippen LogP contribution in [0.15, 0.2) is 0 Å². The van der Waals surface area contributed by atoms with Gasteiger partial charge < -0.3 is 20.3 Å². The molecule has 3 unspecified atom stereocenters. The van der Waals surface area contributed by atoms with Gasteiger partial charge >= 0.3 is 5.97 Å². The standard InChI is InChI=1S/C55H109NO5/c1-4-7-10-13-16-19-22-25-27-29-31-34-37-40-43-46-51(61-55(60)48-45-42-39-36-33-24-21-18-15-12-9-6-3)49-54(59)56-52(50-57)53(58)47-44-41-38-35-32-30-28-26-23-20-17-14-11-8-5-2/h51-53,57-58H,4-50H2,1-3H3,(H,56,59). The van der Waals surface area contributed by atoms with Gasteiger partial charge in [-0.3, -0.25) is 9.59 Å². The number of carbonyl (C=O) groups excluding carboxylic acids is 2. The van der Waals surface area contributed by atoms with Crippen LogP contribution in [-0.2, 0) is 14.3 Å². The molecule has 61 heavy (non-hydrogen) atoms. The molecule has 0 saturated carbocycles. The van der Waals surface area contributed by atoms with E-state index in [9.17, 15) is 19.8 Å². The van der Waals surface area contributed by atoms with Gasteiger partial charge in [-0.15, -0.1) is 0 Å². The molecule has 1 amide bonds. The summed E-state index contributed by atoms with van der Waals surface area (Å²) in [5.74, 6) is -0.448. The largest absolute Gasteiger partial charge is 0.462 e. The topological polar surface area (TPSA) is 95.9 Å². The zero-order chi connectivity index (χ0) is 44.5. The molecule has 0 aromatic carbocycles. The van der Waals surface area contributed by atoms with E-state index in [1.54, 1.807) is 0 Å². The van der Waals surface area contributed by atoms with Crippen molar-refractivity contribution in [2.24, 2.45) is 0 Å². The minimum atomic E-state index is -0.779. The van der Waals surface area contributed by atoms with Crippen molar-refractivity contribution in [3.05, 3.63) is 0 Å². The van der Waals surface area contributed by atoms with Crippen molar-refractivity contribution in [3.8, 4) is 0 Å². The fourth-order valence-electron chi connectivity index (χ4n) is 8.96. The Morgan fingerprint density at radius 3 is 1.00 bits per heavy atom. The highest BCUT2D eigenvalue weighted by Crippen LogP contribution is 2.19. The van der Waals surface area contributed by atoms with Crippen LogP contribution in [0.1, 0.15) is 316 Å². The normalized spacial score (nSPS) is 13.1. The number of nitrogens with one attached hydrogen (secondary N) is 1. The summed E-state index contributed by atoms with van der Waals surface area (Å²) in [7, 11) is 0. The van der Waals surface area contributed by atoms with Crippen molar-refractivity contribution in [1.29, 1.82) is 0 Å². The Labute approximate surface area is 381 Å². The third-order valence-electron chi connectivity index (χ3n) is 13.2. The molecule has 6 heteroatoms. The minimum Gasteiger partial charge on any atom is -0.462 e. The van der Waals surface area contributed by atoms with Crippen LogP contribution in [-0.4, -0.2) is 46.9 Å². The molecule has 0 aromatic rings. The van der Waals surface area contributed by atoms with Gasteiger partial charge in [0.25, 0.3) is 0 Å². The van der Waals surface area contributed by atoms with E-state index < -0.39 is 18.2 Å². The number of ether oxygens (including phenoxy) is 1. The third-order valence-corrected chi connectivity index (χ3v) is 13.2. The number of rotatable bonds is 51. The SMILES string of the molecule is CCCCCCCCCCCCCCCCCC(CC(=O)NC(CO)C(O)CCCCCCCCCCCCCCCCC)OC(=O)CCCCCCCCCCCCCC. The fourth-order valence-corrected chi connectivity index (χ4v) is 8.96. The Morgan fingerprint density at radius 2 is 0.689 bits per heavy atom. The van der Waals surface area contributed by atoms with Gasteiger partial charge in [-0.25, -0.2) is 0 Å². The van der Waals surface area contributed by atoms with Crippen LogP contribution in [0, 0.1) is 0 Å². The Hall–Kier alpha value is -1.14. The molecule has 0 aliphatic heterocycles. The van der Waals surface area contributed by atoms with Gasteiger partial charge in [0.05, 0.1) is 25.2 Å². The van der Waals surface area contributed by atoms with Crippen LogP contribution in [0.5, 0.6) is 0 Å². The number of aliphatic hydroxyl groups is 2. The highest BCUT2D eigenvalue weighted by molar-refractivity contribution is 5.77. The molecule has 0 spiro atoms. The summed E-state index contributed by atoms with van der Waals surface area (Å²) in [6.45, 7) is 6.52. The molecule has 0 heterocycles. The lowest BCUT2D eigenvalue weighted by Gasteiger charge is -2.24. The summed E-state index contributed by atoms with van der Waals surface area (Å²) in [4.78, 5) is 26.2. The molecule has 0 aliphatic rings. The molecule has 3 atom stereocenters. The second kappa shape index (κ2) is 49.9. The first-order chi connectivity index (χ1) is 30.0. The van der Waals surface area contributed by atoms with Crippen molar-refractivity contribution in [2.75, 3.05) is 6.61 Å². The molecule has 364 valence electrons. The number of hydrogen-bond donors (Lipinski definition) is 3. The van der Waals surface area contributed by atoms with E-state index in [0.717, 1.165) is 38.5 Å². The molecule has 3 N–H and O–H groups in total. The molecule has 0 rings (SSSR count). The van der Waals surface area contributed by atoms with E-state index in [1.807, 2.05) is 0 Å². The van der Waals surface area contributed by atoms with E-state index in [4.69, 9.17) is 4.74 Å². The molecular formula is C55H109NO5. The molecule has 0 fully saturated rings. The van der Waals surface area contributed by atoms with Crippen LogP contribution in [0.25, 0.3) is 0 Å². The van der Waals surface area contributed by atoms with E-state index >= 15 is 0 Å². The second-order valence-electron chi connectivity index (χ2n) is 19.4. The highest BCUT2D eigenvalue weighted by atomic mass is 16.5. The maximum atomic E-state index is 13.2. The number of esters is 1. The summed E-state index contributed by atoms with van der Waals surface area (Å²) in [5, 5.41) is 23.8. The summed E-state index contributed by atoms with van der Waals surface area (Å²) < 4.78 is 5.95. The van der Waals surface area contributed by atoms with Gasteiger partial charge in [-0.2, -0.15) is 0 Å². The lowest BCUT2D eigenvalue weighted by Crippen LogP contribution is -2.46. The zero-order valence-electron chi connectivity index (χ0n) is 41.6. The Kier molecular flexibility index (Phi) is 48.9. The van der Waals surface area contributed by atoms with E-state index in [2.05, 4.69) is 26.1 Å². The molecule has 6 nitrogen and oxygen atoms in total. The number of amides is 1. The number of carbonyl (C=O) groups is 2. The van der Waals surface area contributed by atoms with Crippen molar-refractivity contribution in [1.82, 2.24) is 5.32 Å². The predicted octanol–water partition coefficient (Wildman–Crippen LogP) is 16.7. The van der Waals surface area contributed by atoms with Gasteiger partial charge in [0.1, 0.15) is 6.10 Å². The third kappa shape index (κ3) is 45.2. The van der Waals surface area contributed by atoms with Crippen LogP contribution in [0.4, 0.5) is 0 Å². The summed E-state index contributed by atoms with van der Waals surface area (Å²) in [6.07, 6.45) is 54.5. The number of aliphatic hydroxyl groups excluding tert-OH is 2. The first kappa shape index (κ1) is 59.9. The molecule has 0 bridgehead atoms. The van der Waals surface area contributed by atoms with Crippen LogP contribution in [0.2, 0.25) is 0 Å². The van der Waals surface area contributed by atoms with Gasteiger partial charge in [0, 0.05) is 6.42 Å². The van der Waals surface area contributed by atoms with E-state index in [0.29, 0.717) is 19.3 Å². The average Bonchev–Trinajstić information content (AvgIpc) is 3.25. The number of hydrogen-bond acceptors (Lipinski definition) is 5. The average molecular weight is 864 g/mol. The van der Waals surface area contributed by atoms with Crippen LogP contribution in [0.3, 0.4) is 0 Å². The minimum absolute atomic E-state index is 0.0883. The van der Waals surface area contributed by atoms with E-state index in [-0.39, 0.29) is 24.9 Å². The Bertz CT molecular complexity index is 882. The first-order valence-electron chi connectivity index (χ1n) is 27.8.